The number of aromatic nitrogens is 2. The molecule has 0 fully saturated rings. The number of fused-ring (bicyclic) bond motifs is 1. The fourth-order valence-electron chi connectivity index (χ4n) is 2.75. The minimum Gasteiger partial charge on any atom is -0.434 e. The Hall–Kier alpha value is -4.18. The van der Waals surface area contributed by atoms with Crippen molar-refractivity contribution in [1.82, 2.24) is 15.3 Å². The van der Waals surface area contributed by atoms with Gasteiger partial charge in [0.15, 0.2) is 16.3 Å². The first-order valence-electron chi connectivity index (χ1n) is 8.69. The van der Waals surface area contributed by atoms with Crippen LogP contribution in [-0.4, -0.2) is 25.9 Å². The van der Waals surface area contributed by atoms with Gasteiger partial charge in [-0.1, -0.05) is 12.1 Å². The number of hydrogen-bond acceptors (Lipinski definition) is 7. The maximum atomic E-state index is 12.3. The molecule has 0 aliphatic carbocycles. The number of hydrogen-bond donors (Lipinski definition) is 2. The van der Waals surface area contributed by atoms with Crippen LogP contribution in [0.2, 0.25) is 0 Å². The van der Waals surface area contributed by atoms with Crippen LogP contribution in [0.5, 0.6) is 0 Å². The third-order valence-corrected chi connectivity index (χ3v) is 4.33. The third kappa shape index (κ3) is 3.98. The molecule has 0 bridgehead atoms. The number of para-hydroxylation sites is 1. The number of nitrogens with zero attached hydrogens (tertiary/aromatic N) is 3. The third-order valence-electron chi connectivity index (χ3n) is 4.13. The van der Waals surface area contributed by atoms with E-state index in [1.807, 2.05) is 0 Å². The van der Waals surface area contributed by atoms with Crippen LogP contribution in [0.15, 0.2) is 71.3 Å². The Morgan fingerprint density at radius 2 is 1.83 bits per heavy atom. The van der Waals surface area contributed by atoms with Crippen LogP contribution in [-0.2, 0) is 0 Å². The number of thiocarbonyl (C=S) groups is 1. The van der Waals surface area contributed by atoms with Crippen LogP contribution in [0.4, 0.5) is 11.4 Å². The molecule has 2 aromatic carbocycles. The van der Waals surface area contributed by atoms with Crippen molar-refractivity contribution < 1.29 is 14.1 Å². The van der Waals surface area contributed by atoms with Gasteiger partial charge < -0.3 is 9.73 Å². The highest BCUT2D eigenvalue weighted by Gasteiger charge is 2.20. The van der Waals surface area contributed by atoms with E-state index in [2.05, 4.69) is 20.6 Å². The van der Waals surface area contributed by atoms with Gasteiger partial charge in [-0.05, 0) is 54.7 Å². The predicted molar refractivity (Wildman–Crippen MR) is 114 cm³/mol. The first-order valence-corrected chi connectivity index (χ1v) is 9.10. The Bertz CT molecular complexity index is 1240. The molecule has 148 valence electrons. The van der Waals surface area contributed by atoms with Crippen molar-refractivity contribution in [3.05, 3.63) is 82.5 Å². The average molecular weight is 419 g/mol. The summed E-state index contributed by atoms with van der Waals surface area (Å²) in [5.74, 6) is -0.238. The van der Waals surface area contributed by atoms with Gasteiger partial charge in [0.1, 0.15) is 5.56 Å². The average Bonchev–Trinajstić information content (AvgIpc) is 3.18. The first kappa shape index (κ1) is 19.2. The van der Waals surface area contributed by atoms with Crippen molar-refractivity contribution in [2.24, 2.45) is 0 Å². The Kier molecular flexibility index (Phi) is 5.14. The summed E-state index contributed by atoms with van der Waals surface area (Å²) >= 11 is 5.14. The Morgan fingerprint density at radius 3 is 2.57 bits per heavy atom. The van der Waals surface area contributed by atoms with Crippen molar-refractivity contribution in [3.8, 4) is 11.5 Å². The largest absolute Gasteiger partial charge is 0.434 e. The predicted octanol–water partition coefficient (Wildman–Crippen LogP) is 3.92. The van der Waals surface area contributed by atoms with Crippen LogP contribution in [0.25, 0.3) is 22.7 Å². The van der Waals surface area contributed by atoms with E-state index >= 15 is 0 Å². The van der Waals surface area contributed by atoms with Gasteiger partial charge in [-0.15, -0.1) is 0 Å². The molecule has 0 aliphatic heterocycles. The number of nitrogens with one attached hydrogen (secondary N) is 2. The molecule has 2 heterocycles. The number of benzene rings is 2. The second-order valence-electron chi connectivity index (χ2n) is 6.10. The second kappa shape index (κ2) is 8.05. The highest BCUT2D eigenvalue weighted by atomic mass is 32.1. The molecule has 4 rings (SSSR count). The van der Waals surface area contributed by atoms with Crippen LogP contribution in [0.3, 0.4) is 0 Å². The summed E-state index contributed by atoms with van der Waals surface area (Å²) in [6.45, 7) is 0. The lowest BCUT2D eigenvalue weighted by atomic mass is 10.1. The van der Waals surface area contributed by atoms with Crippen LogP contribution >= 0.6 is 12.2 Å². The van der Waals surface area contributed by atoms with E-state index in [1.54, 1.807) is 48.7 Å². The fourth-order valence-corrected chi connectivity index (χ4v) is 2.96. The molecule has 9 nitrogen and oxygen atoms in total. The molecule has 1 amide bonds. The van der Waals surface area contributed by atoms with E-state index in [1.165, 1.54) is 18.2 Å². The Labute approximate surface area is 174 Å². The minimum absolute atomic E-state index is 0.0111. The molecule has 0 spiro atoms. The summed E-state index contributed by atoms with van der Waals surface area (Å²) in [5.41, 5.74) is 2.10. The van der Waals surface area contributed by atoms with Gasteiger partial charge in [-0.3, -0.25) is 20.2 Å². The van der Waals surface area contributed by atoms with Gasteiger partial charge in [0, 0.05) is 23.5 Å². The summed E-state index contributed by atoms with van der Waals surface area (Å²) in [6.07, 6.45) is 1.64. The smallest absolute Gasteiger partial charge is 0.282 e. The number of nitro groups is 1. The molecule has 30 heavy (non-hydrogen) atoms. The quantitative estimate of drug-likeness (QED) is 0.290. The zero-order valence-electron chi connectivity index (χ0n) is 15.2. The molecule has 2 aromatic heterocycles. The van der Waals surface area contributed by atoms with Gasteiger partial charge in [-0.25, -0.2) is 4.98 Å². The maximum Gasteiger partial charge on any atom is 0.282 e. The summed E-state index contributed by atoms with van der Waals surface area (Å²) in [6, 6.07) is 16.2. The number of rotatable bonds is 4. The lowest BCUT2D eigenvalue weighted by molar-refractivity contribution is -0.385. The molecule has 4 aromatic rings. The van der Waals surface area contributed by atoms with Crippen molar-refractivity contribution in [3.63, 3.8) is 0 Å². The molecule has 0 saturated heterocycles. The monoisotopic (exact) mass is 419 g/mol. The number of carbonyl (C=O) groups is 1. The van der Waals surface area contributed by atoms with E-state index in [0.29, 0.717) is 22.8 Å². The topological polar surface area (TPSA) is 123 Å². The maximum absolute atomic E-state index is 12.3. The number of nitro benzene ring substituents is 1. The summed E-state index contributed by atoms with van der Waals surface area (Å²) in [5, 5.41) is 16.4. The Balaban J connectivity index is 1.44. The highest BCUT2D eigenvalue weighted by Crippen LogP contribution is 2.24. The van der Waals surface area contributed by atoms with Gasteiger partial charge in [0.25, 0.3) is 11.6 Å². The number of oxazole rings is 1. The molecular weight excluding hydrogens is 406 g/mol. The highest BCUT2D eigenvalue weighted by molar-refractivity contribution is 7.80. The number of amides is 1. The SMILES string of the molecule is O=C(NC(=S)Nc1ccc(-c2nc3ncccc3o2)cc1)c1ccccc1[N+](=O)[O-]. The van der Waals surface area contributed by atoms with Gasteiger partial charge >= 0.3 is 0 Å². The van der Waals surface area contributed by atoms with Crippen LogP contribution in [0.1, 0.15) is 10.4 Å². The zero-order valence-corrected chi connectivity index (χ0v) is 16.1. The lowest BCUT2D eigenvalue weighted by Gasteiger charge is -2.10. The molecule has 0 unspecified atom stereocenters. The zero-order chi connectivity index (χ0) is 21.1. The van der Waals surface area contributed by atoms with E-state index in [9.17, 15) is 14.9 Å². The first-order chi connectivity index (χ1) is 14.5. The van der Waals surface area contributed by atoms with Crippen molar-refractivity contribution >= 4 is 45.8 Å². The van der Waals surface area contributed by atoms with Gasteiger partial charge in [-0.2, -0.15) is 4.98 Å². The molecule has 0 saturated carbocycles. The van der Waals surface area contributed by atoms with Crippen LogP contribution in [0, 0.1) is 10.1 Å². The van der Waals surface area contributed by atoms with E-state index in [-0.39, 0.29) is 16.4 Å². The van der Waals surface area contributed by atoms with Crippen molar-refractivity contribution in [1.29, 1.82) is 0 Å². The summed E-state index contributed by atoms with van der Waals surface area (Å²) in [4.78, 5) is 31.2. The Morgan fingerprint density at radius 1 is 1.07 bits per heavy atom. The minimum atomic E-state index is -0.671. The molecule has 0 atom stereocenters. The summed E-state index contributed by atoms with van der Waals surface area (Å²) < 4.78 is 5.68. The fraction of sp³-hybridized carbons (Fsp3) is 0. The normalized spacial score (nSPS) is 10.5. The van der Waals surface area contributed by atoms with Gasteiger partial charge in [0.2, 0.25) is 5.89 Å². The molecule has 10 heteroatoms. The number of anilines is 1. The van der Waals surface area contributed by atoms with Crippen molar-refractivity contribution in [2.75, 3.05) is 5.32 Å². The van der Waals surface area contributed by atoms with Crippen molar-refractivity contribution in [2.45, 2.75) is 0 Å². The molecule has 2 N–H and O–H groups in total. The van der Waals surface area contributed by atoms with E-state index in [4.69, 9.17) is 16.6 Å². The number of pyridine rings is 1. The van der Waals surface area contributed by atoms with E-state index in [0.717, 1.165) is 5.56 Å². The van der Waals surface area contributed by atoms with E-state index < -0.39 is 10.8 Å². The standard InChI is InChI=1S/C20H13N5O4S/c26-18(14-4-1-2-5-15(14)25(27)28)24-20(30)22-13-9-7-12(8-10-13)19-23-17-16(29-19)6-3-11-21-17/h1-11H,(H2,22,24,26,30). The van der Waals surface area contributed by atoms with Crippen LogP contribution < -0.4 is 10.6 Å². The summed E-state index contributed by atoms with van der Waals surface area (Å²) in [7, 11) is 0. The number of carbonyl (C=O) groups excluding carboxylic acids is 1. The molecule has 0 radical (unpaired) electrons. The second-order valence-corrected chi connectivity index (χ2v) is 6.51. The lowest BCUT2D eigenvalue weighted by Crippen LogP contribution is -2.34. The van der Waals surface area contributed by atoms with Gasteiger partial charge in [0.05, 0.1) is 4.92 Å². The molecular formula is C20H13N5O4S. The molecule has 0 aliphatic rings.